The lowest BCUT2D eigenvalue weighted by Crippen LogP contribution is -2.09. The molecule has 0 aliphatic rings. The smallest absolute Gasteiger partial charge is 0.343 e. The van der Waals surface area contributed by atoms with Gasteiger partial charge in [0.25, 0.3) is 0 Å². The number of aromatic nitrogens is 4. The SMILES string of the molecule is Cc1cccc(C(=O)Oc2cccc(-n3cnnn3)c2)c1. The second-order valence-electron chi connectivity index (χ2n) is 4.51. The fourth-order valence-electron chi connectivity index (χ4n) is 1.91. The highest BCUT2D eigenvalue weighted by Crippen LogP contribution is 2.17. The molecule has 0 atom stereocenters. The van der Waals surface area contributed by atoms with E-state index in [9.17, 15) is 4.79 Å². The van der Waals surface area contributed by atoms with Gasteiger partial charge in [-0.05, 0) is 41.6 Å². The predicted molar refractivity (Wildman–Crippen MR) is 75.3 cm³/mol. The van der Waals surface area contributed by atoms with Crippen molar-refractivity contribution in [2.24, 2.45) is 0 Å². The third-order valence-electron chi connectivity index (χ3n) is 2.90. The Kier molecular flexibility index (Phi) is 3.42. The fourth-order valence-corrected chi connectivity index (χ4v) is 1.91. The molecule has 6 nitrogen and oxygen atoms in total. The largest absolute Gasteiger partial charge is 0.423 e. The van der Waals surface area contributed by atoms with Crippen molar-refractivity contribution in [2.45, 2.75) is 6.92 Å². The Morgan fingerprint density at radius 2 is 2.00 bits per heavy atom. The summed E-state index contributed by atoms with van der Waals surface area (Å²) in [6.07, 6.45) is 1.47. The van der Waals surface area contributed by atoms with Gasteiger partial charge in [0.1, 0.15) is 12.1 Å². The molecule has 2 aromatic carbocycles. The quantitative estimate of drug-likeness (QED) is 0.543. The zero-order chi connectivity index (χ0) is 14.7. The van der Waals surface area contributed by atoms with Crippen LogP contribution in [0.25, 0.3) is 5.69 Å². The molecule has 3 rings (SSSR count). The minimum absolute atomic E-state index is 0.396. The van der Waals surface area contributed by atoms with Crippen LogP contribution in [0.15, 0.2) is 54.9 Å². The molecular formula is C15H12N4O2. The summed E-state index contributed by atoms with van der Waals surface area (Å²) in [5, 5.41) is 10.9. The molecule has 0 amide bonds. The number of ether oxygens (including phenoxy) is 1. The zero-order valence-corrected chi connectivity index (χ0v) is 11.3. The average Bonchev–Trinajstić information content (AvgIpc) is 3.02. The number of rotatable bonds is 3. The summed E-state index contributed by atoms with van der Waals surface area (Å²) in [5.74, 6) is 0.0436. The summed E-state index contributed by atoms with van der Waals surface area (Å²) < 4.78 is 6.86. The molecule has 3 aromatic rings. The van der Waals surface area contributed by atoms with Gasteiger partial charge < -0.3 is 4.74 Å². The second kappa shape index (κ2) is 5.54. The van der Waals surface area contributed by atoms with E-state index in [4.69, 9.17) is 4.74 Å². The molecule has 6 heteroatoms. The number of tetrazole rings is 1. The van der Waals surface area contributed by atoms with Gasteiger partial charge in [0.2, 0.25) is 0 Å². The number of hydrogen-bond donors (Lipinski definition) is 0. The lowest BCUT2D eigenvalue weighted by molar-refractivity contribution is 0.0734. The van der Waals surface area contributed by atoms with Gasteiger partial charge in [-0.15, -0.1) is 5.10 Å². The molecule has 0 bridgehead atoms. The molecule has 21 heavy (non-hydrogen) atoms. The Labute approximate surface area is 121 Å². The molecule has 0 unspecified atom stereocenters. The van der Waals surface area contributed by atoms with Crippen LogP contribution in [-0.4, -0.2) is 26.2 Å². The van der Waals surface area contributed by atoms with Gasteiger partial charge in [-0.25, -0.2) is 9.48 Å². The van der Waals surface area contributed by atoms with Crippen LogP contribution >= 0.6 is 0 Å². The second-order valence-corrected chi connectivity index (χ2v) is 4.51. The number of nitrogens with zero attached hydrogens (tertiary/aromatic N) is 4. The van der Waals surface area contributed by atoms with E-state index in [0.29, 0.717) is 11.3 Å². The van der Waals surface area contributed by atoms with Crippen molar-refractivity contribution in [3.05, 3.63) is 66.0 Å². The highest BCUT2D eigenvalue weighted by Gasteiger charge is 2.09. The molecule has 1 heterocycles. The topological polar surface area (TPSA) is 69.9 Å². The Hall–Kier alpha value is -3.02. The summed E-state index contributed by atoms with van der Waals surface area (Å²) in [7, 11) is 0. The number of esters is 1. The number of carbonyl (C=O) groups excluding carboxylic acids is 1. The molecule has 0 N–H and O–H groups in total. The van der Waals surface area contributed by atoms with Crippen molar-refractivity contribution in [3.8, 4) is 11.4 Å². The van der Waals surface area contributed by atoms with E-state index < -0.39 is 5.97 Å². The minimum atomic E-state index is -0.396. The Morgan fingerprint density at radius 3 is 2.76 bits per heavy atom. The van der Waals surface area contributed by atoms with Gasteiger partial charge in [0.05, 0.1) is 11.3 Å². The lowest BCUT2D eigenvalue weighted by Gasteiger charge is -2.06. The summed E-state index contributed by atoms with van der Waals surface area (Å²) in [5.41, 5.74) is 2.24. The van der Waals surface area contributed by atoms with Crippen LogP contribution < -0.4 is 4.74 Å². The molecule has 0 saturated heterocycles. The van der Waals surface area contributed by atoms with Crippen LogP contribution in [0, 0.1) is 6.92 Å². The fraction of sp³-hybridized carbons (Fsp3) is 0.0667. The van der Waals surface area contributed by atoms with Gasteiger partial charge in [0.15, 0.2) is 0 Å². The van der Waals surface area contributed by atoms with Crippen molar-refractivity contribution in [3.63, 3.8) is 0 Å². The van der Waals surface area contributed by atoms with Gasteiger partial charge >= 0.3 is 5.97 Å². The van der Waals surface area contributed by atoms with Crippen molar-refractivity contribution < 1.29 is 9.53 Å². The minimum Gasteiger partial charge on any atom is -0.423 e. The number of aryl methyl sites for hydroxylation is 1. The average molecular weight is 280 g/mol. The Morgan fingerprint density at radius 1 is 1.14 bits per heavy atom. The molecule has 1 aromatic heterocycles. The molecule has 0 aliphatic carbocycles. The van der Waals surface area contributed by atoms with Crippen LogP contribution in [0.3, 0.4) is 0 Å². The molecule has 104 valence electrons. The summed E-state index contributed by atoms with van der Waals surface area (Å²) in [6.45, 7) is 1.93. The van der Waals surface area contributed by atoms with E-state index in [1.165, 1.54) is 11.0 Å². The third kappa shape index (κ3) is 2.94. The summed E-state index contributed by atoms with van der Waals surface area (Å²) in [6, 6.07) is 14.3. The molecular weight excluding hydrogens is 268 g/mol. The van der Waals surface area contributed by atoms with Crippen LogP contribution in [-0.2, 0) is 0 Å². The normalized spacial score (nSPS) is 10.3. The van der Waals surface area contributed by atoms with E-state index in [1.807, 2.05) is 25.1 Å². The molecule has 0 fully saturated rings. The monoisotopic (exact) mass is 280 g/mol. The zero-order valence-electron chi connectivity index (χ0n) is 11.3. The van der Waals surface area contributed by atoms with Gasteiger partial charge in [0, 0.05) is 6.07 Å². The maximum atomic E-state index is 12.1. The van der Waals surface area contributed by atoms with Crippen molar-refractivity contribution in [1.29, 1.82) is 0 Å². The van der Waals surface area contributed by atoms with Crippen molar-refractivity contribution in [2.75, 3.05) is 0 Å². The molecule has 0 spiro atoms. The van der Waals surface area contributed by atoms with Crippen molar-refractivity contribution >= 4 is 5.97 Å². The summed E-state index contributed by atoms with van der Waals surface area (Å²) >= 11 is 0. The van der Waals surface area contributed by atoms with Crippen LogP contribution in [0.1, 0.15) is 15.9 Å². The van der Waals surface area contributed by atoms with Crippen molar-refractivity contribution in [1.82, 2.24) is 20.2 Å². The van der Waals surface area contributed by atoms with Gasteiger partial charge in [-0.1, -0.05) is 23.8 Å². The molecule has 0 saturated carbocycles. The summed E-state index contributed by atoms with van der Waals surface area (Å²) in [4.78, 5) is 12.1. The van der Waals surface area contributed by atoms with E-state index in [2.05, 4.69) is 15.5 Å². The third-order valence-corrected chi connectivity index (χ3v) is 2.90. The van der Waals surface area contributed by atoms with E-state index in [0.717, 1.165) is 11.3 Å². The van der Waals surface area contributed by atoms with E-state index >= 15 is 0 Å². The predicted octanol–water partition coefficient (Wildman–Crippen LogP) is 2.19. The van der Waals surface area contributed by atoms with Crippen LogP contribution in [0.2, 0.25) is 0 Å². The van der Waals surface area contributed by atoms with Gasteiger partial charge in [-0.2, -0.15) is 0 Å². The number of benzene rings is 2. The van der Waals surface area contributed by atoms with Gasteiger partial charge in [-0.3, -0.25) is 0 Å². The lowest BCUT2D eigenvalue weighted by atomic mass is 10.1. The van der Waals surface area contributed by atoms with E-state index in [1.54, 1.807) is 30.3 Å². The van der Waals surface area contributed by atoms with Crippen LogP contribution in [0.4, 0.5) is 0 Å². The van der Waals surface area contributed by atoms with Crippen LogP contribution in [0.5, 0.6) is 5.75 Å². The number of carbonyl (C=O) groups is 1. The first-order valence-corrected chi connectivity index (χ1v) is 6.35. The maximum absolute atomic E-state index is 12.1. The Bertz CT molecular complexity index is 769. The number of hydrogen-bond acceptors (Lipinski definition) is 5. The molecule has 0 radical (unpaired) electrons. The van der Waals surface area contributed by atoms with E-state index in [-0.39, 0.29) is 0 Å². The standard InChI is InChI=1S/C15H12N4O2/c1-11-4-2-5-12(8-11)15(20)21-14-7-3-6-13(9-14)19-10-16-17-18-19/h2-10H,1H3. The first-order valence-electron chi connectivity index (χ1n) is 6.35. The Balaban J connectivity index is 1.82. The highest BCUT2D eigenvalue weighted by molar-refractivity contribution is 5.91. The highest BCUT2D eigenvalue weighted by atomic mass is 16.5. The molecule has 0 aliphatic heterocycles. The first-order chi connectivity index (χ1) is 10.2. The maximum Gasteiger partial charge on any atom is 0.343 e. The first kappa shape index (κ1) is 13.0.